The average molecular weight is 464 g/mol. The van der Waals surface area contributed by atoms with Gasteiger partial charge in [0.25, 0.3) is 11.5 Å². The zero-order chi connectivity index (χ0) is 23.8. The van der Waals surface area contributed by atoms with Crippen LogP contribution >= 0.6 is 0 Å². The van der Waals surface area contributed by atoms with Crippen molar-refractivity contribution < 1.29 is 14.3 Å². The molecule has 9 nitrogen and oxygen atoms in total. The van der Waals surface area contributed by atoms with Gasteiger partial charge in [-0.15, -0.1) is 0 Å². The number of nitrogens with one attached hydrogen (secondary N) is 1. The van der Waals surface area contributed by atoms with Gasteiger partial charge in [-0.25, -0.2) is 4.98 Å². The van der Waals surface area contributed by atoms with Crippen LogP contribution in [-0.2, 0) is 10.2 Å². The summed E-state index contributed by atoms with van der Waals surface area (Å²) in [4.78, 5) is 35.6. The summed E-state index contributed by atoms with van der Waals surface area (Å²) < 4.78 is 15.3. The smallest absolute Gasteiger partial charge is 0.274 e. The SMILES string of the molecule is CC(C)Oc1nc2nc(C34COC(C)(C3)C4)cn2cc1C(=O)Nc1cccn([C@@H]2C[C@@H]2C)c1=O. The highest BCUT2D eigenvalue weighted by molar-refractivity contribution is 6.05. The van der Waals surface area contributed by atoms with Crippen molar-refractivity contribution >= 4 is 17.4 Å². The van der Waals surface area contributed by atoms with Crippen LogP contribution in [0, 0.1) is 5.92 Å². The third-order valence-corrected chi connectivity index (χ3v) is 7.32. The number of anilines is 1. The molecule has 9 heteroatoms. The zero-order valence-electron chi connectivity index (χ0n) is 19.9. The van der Waals surface area contributed by atoms with Crippen LogP contribution in [0.4, 0.5) is 5.69 Å². The monoisotopic (exact) mass is 463 g/mol. The zero-order valence-corrected chi connectivity index (χ0v) is 19.9. The molecule has 2 saturated heterocycles. The van der Waals surface area contributed by atoms with E-state index in [1.165, 1.54) is 0 Å². The quantitative estimate of drug-likeness (QED) is 0.602. The fourth-order valence-corrected chi connectivity index (χ4v) is 5.53. The van der Waals surface area contributed by atoms with Gasteiger partial charge in [-0.05, 0) is 58.1 Å². The number of carbonyl (C=O) groups is 1. The number of nitrogens with zero attached hydrogens (tertiary/aromatic N) is 4. The summed E-state index contributed by atoms with van der Waals surface area (Å²) in [5, 5.41) is 2.78. The van der Waals surface area contributed by atoms with Gasteiger partial charge in [0.2, 0.25) is 11.7 Å². The molecule has 4 aliphatic rings. The molecule has 0 aromatic carbocycles. The lowest BCUT2D eigenvalue weighted by Crippen LogP contribution is -2.45. The topological polar surface area (TPSA) is 99.8 Å². The van der Waals surface area contributed by atoms with E-state index < -0.39 is 5.91 Å². The van der Waals surface area contributed by atoms with Crippen molar-refractivity contribution in [2.24, 2.45) is 5.92 Å². The number of hydrogen-bond donors (Lipinski definition) is 1. The van der Waals surface area contributed by atoms with Crippen molar-refractivity contribution in [3.8, 4) is 5.88 Å². The minimum atomic E-state index is -0.447. The van der Waals surface area contributed by atoms with E-state index in [1.54, 1.807) is 33.5 Å². The summed E-state index contributed by atoms with van der Waals surface area (Å²) >= 11 is 0. The summed E-state index contributed by atoms with van der Waals surface area (Å²) in [6.07, 6.45) is 8.04. The molecule has 178 valence electrons. The van der Waals surface area contributed by atoms with Gasteiger partial charge in [-0.2, -0.15) is 4.98 Å². The lowest BCUT2D eigenvalue weighted by Gasteiger charge is -2.41. The molecular weight excluding hydrogens is 434 g/mol. The first-order chi connectivity index (χ1) is 16.2. The fourth-order valence-electron chi connectivity index (χ4n) is 5.53. The average Bonchev–Trinajstić information content (AvgIpc) is 3.08. The number of hydrogen-bond acceptors (Lipinski definition) is 6. The summed E-state index contributed by atoms with van der Waals surface area (Å²) in [5.41, 5.74) is 1.07. The largest absolute Gasteiger partial charge is 0.474 e. The van der Waals surface area contributed by atoms with Crippen molar-refractivity contribution in [2.45, 2.75) is 70.1 Å². The van der Waals surface area contributed by atoms with E-state index in [4.69, 9.17) is 14.5 Å². The highest BCUT2D eigenvalue weighted by atomic mass is 16.5. The Morgan fingerprint density at radius 2 is 2.06 bits per heavy atom. The van der Waals surface area contributed by atoms with E-state index in [0.29, 0.717) is 18.3 Å². The second-order valence-corrected chi connectivity index (χ2v) is 10.7. The maximum atomic E-state index is 13.3. The minimum absolute atomic E-state index is 0.0545. The Balaban J connectivity index is 1.35. The predicted octanol–water partition coefficient (Wildman–Crippen LogP) is 3.33. The standard InChI is InChI=1S/C25H29N5O4/c1-14(2)34-21-16(20(31)26-17-6-5-7-30(22(17)32)18-8-15(18)3)9-29-10-19(27-23(29)28-21)25-11-24(4,12-25)33-13-25/h5-7,9-10,14-15,18H,8,11-13H2,1-4H3,(H,26,31)/t15-,18+,24?,25?/m0/s1. The summed E-state index contributed by atoms with van der Waals surface area (Å²) in [7, 11) is 0. The van der Waals surface area contributed by atoms with E-state index in [2.05, 4.69) is 24.1 Å². The molecule has 34 heavy (non-hydrogen) atoms. The van der Waals surface area contributed by atoms with Gasteiger partial charge in [0.1, 0.15) is 11.3 Å². The number of carbonyl (C=O) groups excluding carboxylic acids is 1. The number of pyridine rings is 1. The summed E-state index contributed by atoms with van der Waals surface area (Å²) in [6, 6.07) is 3.60. The van der Waals surface area contributed by atoms with E-state index in [1.807, 2.05) is 20.0 Å². The Labute approximate surface area is 197 Å². The maximum absolute atomic E-state index is 13.3. The van der Waals surface area contributed by atoms with E-state index >= 15 is 0 Å². The van der Waals surface area contributed by atoms with Gasteiger partial charge >= 0.3 is 0 Å². The number of amides is 1. The molecule has 0 radical (unpaired) electrons. The first kappa shape index (κ1) is 21.3. The van der Waals surface area contributed by atoms with Gasteiger partial charge in [0.15, 0.2) is 0 Å². The Morgan fingerprint density at radius 1 is 1.29 bits per heavy atom. The minimum Gasteiger partial charge on any atom is -0.474 e. The molecule has 1 N–H and O–H groups in total. The number of aromatic nitrogens is 4. The van der Waals surface area contributed by atoms with Crippen molar-refractivity contribution in [3.05, 3.63) is 52.3 Å². The van der Waals surface area contributed by atoms with E-state index in [0.717, 1.165) is 25.0 Å². The molecule has 2 aliphatic heterocycles. The van der Waals surface area contributed by atoms with Crippen LogP contribution in [-0.4, -0.2) is 43.2 Å². The Morgan fingerprint density at radius 3 is 2.71 bits per heavy atom. The van der Waals surface area contributed by atoms with Gasteiger partial charge in [0, 0.05) is 30.0 Å². The Hall–Kier alpha value is -3.20. The number of ether oxygens (including phenoxy) is 2. The second-order valence-electron chi connectivity index (χ2n) is 10.7. The van der Waals surface area contributed by atoms with Crippen LogP contribution in [0.1, 0.15) is 69.1 Å². The van der Waals surface area contributed by atoms with Crippen LogP contribution in [0.3, 0.4) is 0 Å². The van der Waals surface area contributed by atoms with E-state index in [9.17, 15) is 9.59 Å². The predicted molar refractivity (Wildman–Crippen MR) is 125 cm³/mol. The molecular formula is C25H29N5O4. The molecule has 0 spiro atoms. The molecule has 4 fully saturated rings. The van der Waals surface area contributed by atoms with Crippen LogP contribution in [0.15, 0.2) is 35.5 Å². The van der Waals surface area contributed by atoms with Crippen LogP contribution in [0.25, 0.3) is 5.78 Å². The molecule has 7 rings (SSSR count). The molecule has 2 atom stereocenters. The van der Waals surface area contributed by atoms with Crippen LogP contribution in [0.5, 0.6) is 5.88 Å². The lowest BCUT2D eigenvalue weighted by molar-refractivity contribution is 0.0154. The normalized spacial score (nSPS) is 29.3. The first-order valence-corrected chi connectivity index (χ1v) is 11.9. The number of rotatable bonds is 6. The van der Waals surface area contributed by atoms with Crippen molar-refractivity contribution in [1.29, 1.82) is 0 Å². The Bertz CT molecular complexity index is 1370. The lowest BCUT2D eigenvalue weighted by atomic mass is 9.62. The van der Waals surface area contributed by atoms with Crippen molar-refractivity contribution in [1.82, 2.24) is 18.9 Å². The molecule has 3 aromatic heterocycles. The third kappa shape index (κ3) is 3.33. The molecule has 2 saturated carbocycles. The van der Waals surface area contributed by atoms with Gasteiger partial charge < -0.3 is 19.4 Å². The molecule has 2 aliphatic carbocycles. The van der Waals surface area contributed by atoms with Crippen molar-refractivity contribution in [2.75, 3.05) is 11.9 Å². The number of fused-ring (bicyclic) bond motifs is 2. The second kappa shape index (κ2) is 7.15. The van der Waals surface area contributed by atoms with Gasteiger partial charge in [-0.3, -0.25) is 14.0 Å². The number of imidazole rings is 1. The maximum Gasteiger partial charge on any atom is 0.274 e. The molecule has 1 amide bonds. The molecule has 2 bridgehead atoms. The highest BCUT2D eigenvalue weighted by Gasteiger charge is 2.61. The van der Waals surface area contributed by atoms with E-state index in [-0.39, 0.29) is 45.9 Å². The Kier molecular flexibility index (Phi) is 4.49. The fraction of sp³-hybridized carbons (Fsp3) is 0.520. The van der Waals surface area contributed by atoms with Crippen LogP contribution in [0.2, 0.25) is 0 Å². The first-order valence-electron chi connectivity index (χ1n) is 11.9. The summed E-state index contributed by atoms with van der Waals surface area (Å²) in [5.74, 6) is 0.692. The summed E-state index contributed by atoms with van der Waals surface area (Å²) in [6.45, 7) is 8.64. The molecule has 0 unspecified atom stereocenters. The van der Waals surface area contributed by atoms with Gasteiger partial charge in [0.05, 0.1) is 24.0 Å². The molecule has 3 aromatic rings. The third-order valence-electron chi connectivity index (χ3n) is 7.32. The van der Waals surface area contributed by atoms with Gasteiger partial charge in [-0.1, -0.05) is 6.92 Å². The molecule has 5 heterocycles. The van der Waals surface area contributed by atoms with Crippen LogP contribution < -0.4 is 15.6 Å². The highest BCUT2D eigenvalue weighted by Crippen LogP contribution is 2.58. The van der Waals surface area contributed by atoms with Crippen molar-refractivity contribution in [3.63, 3.8) is 0 Å².